The molecule has 0 bridgehead atoms. The van der Waals surface area contributed by atoms with E-state index in [-0.39, 0.29) is 0 Å². The van der Waals surface area contributed by atoms with E-state index < -0.39 is 6.85 Å². The quantitative estimate of drug-likeness (QED) is 0.491. The van der Waals surface area contributed by atoms with Crippen LogP contribution in [0.1, 0.15) is 19.8 Å². The van der Waals surface area contributed by atoms with Gasteiger partial charge in [0.1, 0.15) is 6.16 Å². The third kappa shape index (κ3) is 5.87. The van der Waals surface area contributed by atoms with Crippen molar-refractivity contribution in [1.82, 2.24) is 5.09 Å². The molecular weight excluding hydrogens is 153 g/mol. The van der Waals surface area contributed by atoms with Crippen molar-refractivity contribution in [3.05, 3.63) is 0 Å². The number of rotatable bonds is 5. The van der Waals surface area contributed by atoms with Crippen molar-refractivity contribution in [3.63, 3.8) is 0 Å². The fraction of sp³-hybridized carbons (Fsp3) is 0.800. The Labute approximate surface area is 61.5 Å². The Morgan fingerprint density at radius 2 is 2.44 bits per heavy atom. The molecule has 0 aromatic carbocycles. The summed E-state index contributed by atoms with van der Waals surface area (Å²) in [6, 6.07) is 0. The zero-order chi connectivity index (χ0) is 7.11. The van der Waals surface area contributed by atoms with Crippen LogP contribution < -0.4 is 5.09 Å². The van der Waals surface area contributed by atoms with Crippen LogP contribution in [0.25, 0.3) is 0 Å². The Morgan fingerprint density at radius 3 is 2.89 bits per heavy atom. The van der Waals surface area contributed by atoms with Crippen LogP contribution in [0.15, 0.2) is 0 Å². The SMILES string of the molecule is CCCC[P+](=S)NC=O. The molecule has 52 valence electrons. The predicted molar refractivity (Wildman–Crippen MR) is 43.3 cm³/mol. The van der Waals surface area contributed by atoms with E-state index in [1.807, 2.05) is 0 Å². The van der Waals surface area contributed by atoms with E-state index >= 15 is 0 Å². The van der Waals surface area contributed by atoms with Crippen molar-refractivity contribution in [3.8, 4) is 0 Å². The van der Waals surface area contributed by atoms with Crippen LogP contribution in [-0.4, -0.2) is 12.6 Å². The second kappa shape index (κ2) is 6.12. The lowest BCUT2D eigenvalue weighted by atomic mass is 10.4. The number of carbonyl (C=O) groups is 1. The Morgan fingerprint density at radius 1 is 1.78 bits per heavy atom. The number of hydrogen-bond donors (Lipinski definition) is 1. The fourth-order valence-electron chi connectivity index (χ4n) is 0.425. The van der Waals surface area contributed by atoms with Crippen molar-refractivity contribution in [1.29, 1.82) is 0 Å². The third-order valence-corrected chi connectivity index (χ3v) is 2.89. The highest BCUT2D eigenvalue weighted by Gasteiger charge is 2.04. The summed E-state index contributed by atoms with van der Waals surface area (Å²) in [5, 5.41) is 2.58. The number of nitrogens with one attached hydrogen (secondary N) is 1. The van der Waals surface area contributed by atoms with E-state index in [0.717, 1.165) is 19.0 Å². The molecule has 0 fully saturated rings. The first-order valence-corrected chi connectivity index (χ1v) is 5.49. The average Bonchev–Trinajstić information content (AvgIpc) is 1.85. The topological polar surface area (TPSA) is 29.1 Å². The van der Waals surface area contributed by atoms with Gasteiger partial charge in [-0.15, -0.1) is 0 Å². The predicted octanol–water partition coefficient (Wildman–Crippen LogP) is 1.39. The molecule has 0 aromatic heterocycles. The molecule has 2 nitrogen and oxygen atoms in total. The van der Waals surface area contributed by atoms with Crippen LogP contribution in [0.3, 0.4) is 0 Å². The number of unbranched alkanes of at least 4 members (excludes halogenated alkanes) is 1. The number of amides is 1. The molecule has 1 unspecified atom stereocenters. The van der Waals surface area contributed by atoms with E-state index in [0.29, 0.717) is 6.41 Å². The van der Waals surface area contributed by atoms with Gasteiger partial charge >= 0.3 is 0 Å². The zero-order valence-electron chi connectivity index (χ0n) is 5.46. The van der Waals surface area contributed by atoms with Gasteiger partial charge in [0.25, 0.3) is 6.85 Å². The number of hydrogen-bond acceptors (Lipinski definition) is 2. The van der Waals surface area contributed by atoms with Crippen molar-refractivity contribution < 1.29 is 4.79 Å². The van der Waals surface area contributed by atoms with Crippen molar-refractivity contribution in [2.24, 2.45) is 0 Å². The lowest BCUT2D eigenvalue weighted by molar-refractivity contribution is -0.108. The zero-order valence-corrected chi connectivity index (χ0v) is 7.17. The van der Waals surface area contributed by atoms with E-state index in [4.69, 9.17) is 11.8 Å². The maximum Gasteiger partial charge on any atom is 0.293 e. The second-order valence-corrected chi connectivity index (χ2v) is 4.49. The molecule has 1 atom stereocenters. The van der Waals surface area contributed by atoms with Gasteiger partial charge < -0.3 is 0 Å². The largest absolute Gasteiger partial charge is 0.293 e. The normalized spacial score (nSPS) is 10.6. The lowest BCUT2D eigenvalue weighted by Crippen LogP contribution is -1.99. The summed E-state index contributed by atoms with van der Waals surface area (Å²) in [7, 11) is 0. The summed E-state index contributed by atoms with van der Waals surface area (Å²) in [4.78, 5) is 9.82. The first-order chi connectivity index (χ1) is 4.31. The highest BCUT2D eigenvalue weighted by Crippen LogP contribution is 2.14. The van der Waals surface area contributed by atoms with Gasteiger partial charge in [0.05, 0.1) is 0 Å². The Bertz CT molecular complexity index is 107. The first kappa shape index (κ1) is 8.99. The van der Waals surface area contributed by atoms with Crippen LogP contribution >= 0.6 is 6.85 Å². The van der Waals surface area contributed by atoms with Crippen LogP contribution in [0.4, 0.5) is 0 Å². The standard InChI is InChI=1S/C5H10NOPS/c1-2-3-4-8(9)6-5-7/h5H,2-4H2,1H3/p+1. The highest BCUT2D eigenvalue weighted by molar-refractivity contribution is 8.04. The van der Waals surface area contributed by atoms with Gasteiger partial charge in [0.2, 0.25) is 6.41 Å². The maximum atomic E-state index is 9.82. The summed E-state index contributed by atoms with van der Waals surface area (Å²) < 4.78 is 0. The molecule has 4 heteroatoms. The van der Waals surface area contributed by atoms with E-state index in [1.54, 1.807) is 0 Å². The molecule has 0 aliphatic carbocycles. The van der Waals surface area contributed by atoms with Gasteiger partial charge in [-0.05, 0) is 6.42 Å². The van der Waals surface area contributed by atoms with Crippen molar-refractivity contribution >= 4 is 25.1 Å². The molecule has 0 rings (SSSR count). The minimum absolute atomic E-state index is 0.621. The molecule has 1 amide bonds. The first-order valence-electron chi connectivity index (χ1n) is 2.95. The van der Waals surface area contributed by atoms with Crippen LogP contribution in [0, 0.1) is 0 Å². The molecule has 0 saturated heterocycles. The molecule has 1 N–H and O–H groups in total. The van der Waals surface area contributed by atoms with Crippen LogP contribution in [0.5, 0.6) is 0 Å². The minimum Gasteiger partial charge on any atom is -0.275 e. The highest BCUT2D eigenvalue weighted by atomic mass is 32.4. The minimum atomic E-state index is -0.621. The van der Waals surface area contributed by atoms with E-state index in [2.05, 4.69) is 12.0 Å². The monoisotopic (exact) mass is 164 g/mol. The van der Waals surface area contributed by atoms with Gasteiger partial charge in [-0.3, -0.25) is 4.79 Å². The Hall–Kier alpha value is -0.0100. The molecule has 0 saturated carbocycles. The van der Waals surface area contributed by atoms with Crippen LogP contribution in [0.2, 0.25) is 0 Å². The van der Waals surface area contributed by atoms with Gasteiger partial charge in [-0.25, -0.2) is 0 Å². The molecule has 0 aliphatic heterocycles. The van der Waals surface area contributed by atoms with Crippen molar-refractivity contribution in [2.45, 2.75) is 19.8 Å². The van der Waals surface area contributed by atoms with Gasteiger partial charge in [0, 0.05) is 0 Å². The molecule has 0 spiro atoms. The van der Waals surface area contributed by atoms with Crippen molar-refractivity contribution in [2.75, 3.05) is 6.16 Å². The smallest absolute Gasteiger partial charge is 0.275 e. The van der Waals surface area contributed by atoms with Gasteiger partial charge in [-0.1, -0.05) is 13.3 Å². The summed E-state index contributed by atoms with van der Waals surface area (Å²) >= 11 is 4.92. The number of carbonyl (C=O) groups excluding carboxylic acids is 1. The molecule has 9 heavy (non-hydrogen) atoms. The second-order valence-electron chi connectivity index (χ2n) is 1.70. The maximum absolute atomic E-state index is 9.82. The Balaban J connectivity index is 3.16. The molecule has 0 aliphatic rings. The van der Waals surface area contributed by atoms with E-state index in [1.165, 1.54) is 0 Å². The summed E-state index contributed by atoms with van der Waals surface area (Å²) in [5.74, 6) is 0. The van der Waals surface area contributed by atoms with Crippen LogP contribution in [-0.2, 0) is 16.6 Å². The summed E-state index contributed by atoms with van der Waals surface area (Å²) in [6.07, 6.45) is 3.93. The fourth-order valence-corrected chi connectivity index (χ4v) is 1.79. The molecular formula is C5H11NOPS+. The average molecular weight is 164 g/mol. The summed E-state index contributed by atoms with van der Waals surface area (Å²) in [5.41, 5.74) is 0. The molecule has 0 heterocycles. The van der Waals surface area contributed by atoms with E-state index in [9.17, 15) is 4.79 Å². The molecule has 0 aromatic rings. The van der Waals surface area contributed by atoms with Gasteiger partial charge in [-0.2, -0.15) is 5.09 Å². The third-order valence-electron chi connectivity index (χ3n) is 0.911. The Kier molecular flexibility index (Phi) is 6.11. The molecule has 0 radical (unpaired) electrons. The van der Waals surface area contributed by atoms with Gasteiger partial charge in [0.15, 0.2) is 11.8 Å². The summed E-state index contributed by atoms with van der Waals surface area (Å²) in [6.45, 7) is 1.49. The lowest BCUT2D eigenvalue weighted by Gasteiger charge is -1.84.